The first-order valence-corrected chi connectivity index (χ1v) is 8.28. The van der Waals surface area contributed by atoms with E-state index in [2.05, 4.69) is 22.1 Å². The number of amides is 1. The third-order valence-electron chi connectivity index (χ3n) is 4.91. The molecule has 0 bridgehead atoms. The summed E-state index contributed by atoms with van der Waals surface area (Å²) in [5.74, 6) is 1.53. The van der Waals surface area contributed by atoms with Gasteiger partial charge in [-0.3, -0.25) is 4.79 Å². The Morgan fingerprint density at radius 2 is 2.41 bits per heavy atom. The second-order valence-corrected chi connectivity index (χ2v) is 6.46. The molecule has 1 N–H and O–H groups in total. The number of piperidine rings is 1. The molecule has 0 aliphatic carbocycles. The van der Waals surface area contributed by atoms with Crippen molar-refractivity contribution in [3.8, 4) is 0 Å². The van der Waals surface area contributed by atoms with Crippen LogP contribution in [0.2, 0.25) is 0 Å². The van der Waals surface area contributed by atoms with Crippen molar-refractivity contribution in [3.63, 3.8) is 0 Å². The zero-order valence-corrected chi connectivity index (χ0v) is 13.5. The number of carbonyl (C=O) groups excluding carboxylic acids is 1. The number of hydrogen-bond donors (Lipinski definition) is 1. The zero-order valence-electron chi connectivity index (χ0n) is 13.5. The fraction of sp³-hybridized carbons (Fsp3) is 0.750. The summed E-state index contributed by atoms with van der Waals surface area (Å²) in [5, 5.41) is 2.98. The number of ether oxygens (including phenoxy) is 1. The van der Waals surface area contributed by atoms with Crippen LogP contribution in [0.1, 0.15) is 30.4 Å². The maximum Gasteiger partial charge on any atom is 0.287 e. The van der Waals surface area contributed by atoms with Crippen LogP contribution < -0.4 is 5.32 Å². The maximum absolute atomic E-state index is 12.1. The molecule has 0 unspecified atom stereocenters. The molecule has 1 amide bonds. The van der Waals surface area contributed by atoms with Crippen molar-refractivity contribution in [2.45, 2.75) is 25.9 Å². The number of imidazole rings is 1. The van der Waals surface area contributed by atoms with Crippen LogP contribution in [0.3, 0.4) is 0 Å². The van der Waals surface area contributed by atoms with Gasteiger partial charge < -0.3 is 19.5 Å². The van der Waals surface area contributed by atoms with Gasteiger partial charge in [0.25, 0.3) is 5.91 Å². The van der Waals surface area contributed by atoms with Crippen LogP contribution in [0, 0.1) is 11.8 Å². The molecule has 2 aliphatic heterocycles. The van der Waals surface area contributed by atoms with E-state index in [-0.39, 0.29) is 12.0 Å². The predicted octanol–water partition coefficient (Wildman–Crippen LogP) is 0.897. The minimum atomic E-state index is -0.122. The Bertz CT molecular complexity index is 516. The fourth-order valence-electron chi connectivity index (χ4n) is 3.75. The summed E-state index contributed by atoms with van der Waals surface area (Å²) in [6.45, 7) is 7.12. The van der Waals surface area contributed by atoms with E-state index >= 15 is 0 Å². The molecule has 0 saturated carbocycles. The highest BCUT2D eigenvalue weighted by molar-refractivity contribution is 5.90. The Morgan fingerprint density at radius 3 is 3.14 bits per heavy atom. The van der Waals surface area contributed by atoms with E-state index in [1.165, 1.54) is 19.4 Å². The van der Waals surface area contributed by atoms with Gasteiger partial charge in [-0.05, 0) is 31.8 Å². The van der Waals surface area contributed by atoms with Crippen molar-refractivity contribution in [2.24, 2.45) is 18.9 Å². The molecule has 1 aromatic heterocycles. The first-order valence-electron chi connectivity index (χ1n) is 8.28. The van der Waals surface area contributed by atoms with Crippen molar-refractivity contribution < 1.29 is 9.53 Å². The molecule has 6 nitrogen and oxygen atoms in total. The summed E-state index contributed by atoms with van der Waals surface area (Å²) in [6.07, 6.45) is 5.95. The van der Waals surface area contributed by atoms with E-state index in [0.29, 0.717) is 24.2 Å². The van der Waals surface area contributed by atoms with Gasteiger partial charge in [-0.15, -0.1) is 0 Å². The van der Waals surface area contributed by atoms with E-state index in [1.807, 2.05) is 7.05 Å². The number of likely N-dealkylation sites (tertiary alicyclic amines) is 1. The minimum Gasteiger partial charge on any atom is -0.376 e. The van der Waals surface area contributed by atoms with Crippen LogP contribution in [0.15, 0.2) is 12.4 Å². The van der Waals surface area contributed by atoms with Gasteiger partial charge in [0, 0.05) is 38.4 Å². The number of fused-ring (bicyclic) bond motifs is 1. The van der Waals surface area contributed by atoms with Gasteiger partial charge in [-0.2, -0.15) is 0 Å². The molecule has 6 heteroatoms. The Morgan fingerprint density at radius 1 is 1.55 bits per heavy atom. The monoisotopic (exact) mass is 306 g/mol. The summed E-state index contributed by atoms with van der Waals surface area (Å²) < 4.78 is 7.69. The van der Waals surface area contributed by atoms with Crippen LogP contribution >= 0.6 is 0 Å². The van der Waals surface area contributed by atoms with Gasteiger partial charge >= 0.3 is 0 Å². The highest BCUT2D eigenvalue weighted by Crippen LogP contribution is 2.34. The van der Waals surface area contributed by atoms with Gasteiger partial charge in [0.15, 0.2) is 5.82 Å². The SMILES string of the molecule is CCCN1CC[C@@H]2[C@@H](CO[C@H]2CNC(=O)c2nccn2C)C1. The Balaban J connectivity index is 1.50. The molecular formula is C16H26N4O2. The van der Waals surface area contributed by atoms with Crippen molar-refractivity contribution in [2.75, 3.05) is 32.8 Å². The van der Waals surface area contributed by atoms with Gasteiger partial charge in [0.1, 0.15) is 0 Å². The molecule has 3 rings (SSSR count). The summed E-state index contributed by atoms with van der Waals surface area (Å²) in [7, 11) is 1.83. The molecule has 1 aromatic rings. The quantitative estimate of drug-likeness (QED) is 0.878. The van der Waals surface area contributed by atoms with E-state index in [0.717, 1.165) is 19.7 Å². The molecule has 3 atom stereocenters. The van der Waals surface area contributed by atoms with E-state index in [1.54, 1.807) is 17.0 Å². The average Bonchev–Trinajstić information content (AvgIpc) is 3.11. The highest BCUT2D eigenvalue weighted by atomic mass is 16.5. The summed E-state index contributed by atoms with van der Waals surface area (Å²) >= 11 is 0. The number of nitrogens with one attached hydrogen (secondary N) is 1. The molecule has 2 fully saturated rings. The fourth-order valence-corrected chi connectivity index (χ4v) is 3.75. The summed E-state index contributed by atoms with van der Waals surface area (Å²) in [4.78, 5) is 18.7. The Labute approximate surface area is 131 Å². The number of hydrogen-bond acceptors (Lipinski definition) is 4. The number of nitrogens with zero attached hydrogens (tertiary/aromatic N) is 3. The third kappa shape index (κ3) is 3.17. The predicted molar refractivity (Wildman–Crippen MR) is 83.6 cm³/mol. The average molecular weight is 306 g/mol. The van der Waals surface area contributed by atoms with E-state index in [9.17, 15) is 4.79 Å². The number of carbonyl (C=O) groups is 1. The normalized spacial score (nSPS) is 28.5. The smallest absolute Gasteiger partial charge is 0.287 e. The van der Waals surface area contributed by atoms with Crippen LogP contribution in [0.4, 0.5) is 0 Å². The lowest BCUT2D eigenvalue weighted by Gasteiger charge is -2.35. The summed E-state index contributed by atoms with van der Waals surface area (Å²) in [6, 6.07) is 0. The topological polar surface area (TPSA) is 59.4 Å². The molecule has 122 valence electrons. The minimum absolute atomic E-state index is 0.122. The van der Waals surface area contributed by atoms with Gasteiger partial charge in [0.05, 0.1) is 12.7 Å². The molecule has 0 aromatic carbocycles. The van der Waals surface area contributed by atoms with Crippen LogP contribution in [-0.4, -0.2) is 59.2 Å². The lowest BCUT2D eigenvalue weighted by atomic mass is 9.84. The van der Waals surface area contributed by atoms with Gasteiger partial charge in [-0.1, -0.05) is 6.92 Å². The number of aryl methyl sites for hydroxylation is 1. The zero-order chi connectivity index (χ0) is 15.5. The standard InChI is InChI=1S/C16H26N4O2/c1-3-6-20-7-4-13-12(10-20)11-22-14(13)9-18-16(21)15-17-5-8-19(15)2/h5,8,12-14H,3-4,6-7,9-11H2,1-2H3,(H,18,21)/t12-,13-,14+/m1/s1. The van der Waals surface area contributed by atoms with Gasteiger partial charge in [-0.25, -0.2) is 4.98 Å². The second kappa shape index (κ2) is 6.79. The van der Waals surface area contributed by atoms with Crippen molar-refractivity contribution in [1.29, 1.82) is 0 Å². The first-order chi connectivity index (χ1) is 10.7. The third-order valence-corrected chi connectivity index (χ3v) is 4.91. The van der Waals surface area contributed by atoms with Crippen molar-refractivity contribution >= 4 is 5.91 Å². The van der Waals surface area contributed by atoms with Crippen LogP contribution in [0.5, 0.6) is 0 Å². The summed E-state index contributed by atoms with van der Waals surface area (Å²) in [5.41, 5.74) is 0. The van der Waals surface area contributed by atoms with Crippen molar-refractivity contribution in [3.05, 3.63) is 18.2 Å². The number of aromatic nitrogens is 2. The lowest BCUT2D eigenvalue weighted by Crippen LogP contribution is -2.44. The molecule has 2 saturated heterocycles. The first kappa shape index (κ1) is 15.5. The molecule has 3 heterocycles. The van der Waals surface area contributed by atoms with E-state index in [4.69, 9.17) is 4.74 Å². The lowest BCUT2D eigenvalue weighted by molar-refractivity contribution is 0.0740. The van der Waals surface area contributed by atoms with Crippen LogP contribution in [-0.2, 0) is 11.8 Å². The van der Waals surface area contributed by atoms with Crippen molar-refractivity contribution in [1.82, 2.24) is 19.8 Å². The Kier molecular flexibility index (Phi) is 4.78. The van der Waals surface area contributed by atoms with E-state index < -0.39 is 0 Å². The Hall–Kier alpha value is -1.40. The maximum atomic E-state index is 12.1. The van der Waals surface area contributed by atoms with Crippen LogP contribution in [0.25, 0.3) is 0 Å². The molecule has 0 spiro atoms. The van der Waals surface area contributed by atoms with Gasteiger partial charge in [0.2, 0.25) is 0 Å². The second-order valence-electron chi connectivity index (χ2n) is 6.46. The molecule has 22 heavy (non-hydrogen) atoms. The largest absolute Gasteiger partial charge is 0.376 e. The highest BCUT2D eigenvalue weighted by Gasteiger charge is 2.40. The molecule has 2 aliphatic rings. The molecular weight excluding hydrogens is 280 g/mol. The molecule has 0 radical (unpaired) electrons. The number of rotatable bonds is 5.